The molecule has 1 amide bonds. The lowest BCUT2D eigenvalue weighted by Gasteiger charge is -2.27. The van der Waals surface area contributed by atoms with Crippen molar-refractivity contribution in [3.8, 4) is 5.75 Å². The second-order valence-corrected chi connectivity index (χ2v) is 6.07. The van der Waals surface area contributed by atoms with E-state index >= 15 is 0 Å². The Kier molecular flexibility index (Phi) is 8.83. The van der Waals surface area contributed by atoms with Gasteiger partial charge in [0.2, 0.25) is 0 Å². The average Bonchev–Trinajstić information content (AvgIpc) is 2.51. The number of nitrogens with zero attached hydrogens (tertiary/aromatic N) is 1. The van der Waals surface area contributed by atoms with Crippen molar-refractivity contribution in [2.75, 3.05) is 39.3 Å². The van der Waals surface area contributed by atoms with Gasteiger partial charge in [0, 0.05) is 39.3 Å². The molecular formula is C15H22BrClFN3O2. The number of carbonyl (C=O) groups excluding carboxylic acids is 1. The van der Waals surface area contributed by atoms with Crippen molar-refractivity contribution in [2.24, 2.45) is 0 Å². The van der Waals surface area contributed by atoms with E-state index in [1.165, 1.54) is 18.2 Å². The van der Waals surface area contributed by atoms with Gasteiger partial charge < -0.3 is 15.4 Å². The van der Waals surface area contributed by atoms with Crippen LogP contribution in [0, 0.1) is 5.82 Å². The zero-order valence-electron chi connectivity index (χ0n) is 13.0. The average molecular weight is 411 g/mol. The predicted molar refractivity (Wildman–Crippen MR) is 93.8 cm³/mol. The van der Waals surface area contributed by atoms with Gasteiger partial charge in [-0.05, 0) is 41.1 Å². The van der Waals surface area contributed by atoms with Gasteiger partial charge in [0.05, 0.1) is 4.47 Å². The smallest absolute Gasteiger partial charge is 0.260 e. The second-order valence-electron chi connectivity index (χ2n) is 5.22. The van der Waals surface area contributed by atoms with Crippen molar-refractivity contribution < 1.29 is 13.9 Å². The summed E-state index contributed by atoms with van der Waals surface area (Å²) in [4.78, 5) is 14.3. The third-order valence-electron chi connectivity index (χ3n) is 3.50. The molecule has 0 radical (unpaired) electrons. The standard InChI is InChI=1S/C15H21BrFN3O2.ClH/c1-11(22-14-3-2-12(17)10-13(14)16)15(21)19-6-9-20-7-4-18-5-8-20;/h2-3,10-11,18H,4-9H2,1H3,(H,19,21);1H. The molecule has 1 aliphatic heterocycles. The Hall–Kier alpha value is -0.890. The van der Waals surface area contributed by atoms with Crippen molar-refractivity contribution in [3.63, 3.8) is 0 Å². The maximum Gasteiger partial charge on any atom is 0.260 e. The van der Waals surface area contributed by atoms with Crippen molar-refractivity contribution in [1.29, 1.82) is 0 Å². The van der Waals surface area contributed by atoms with E-state index in [2.05, 4.69) is 31.5 Å². The number of piperazine rings is 1. The van der Waals surface area contributed by atoms with Gasteiger partial charge in [-0.2, -0.15) is 0 Å². The number of halogens is 3. The lowest BCUT2D eigenvalue weighted by Crippen LogP contribution is -2.47. The monoisotopic (exact) mass is 409 g/mol. The first-order valence-electron chi connectivity index (χ1n) is 7.39. The maximum atomic E-state index is 13.0. The number of benzene rings is 1. The number of hydrogen-bond acceptors (Lipinski definition) is 4. The molecule has 23 heavy (non-hydrogen) atoms. The van der Waals surface area contributed by atoms with Crippen LogP contribution < -0.4 is 15.4 Å². The highest BCUT2D eigenvalue weighted by atomic mass is 79.9. The number of carbonyl (C=O) groups is 1. The van der Waals surface area contributed by atoms with Crippen molar-refractivity contribution >= 4 is 34.2 Å². The van der Waals surface area contributed by atoms with Crippen LogP contribution in [0.2, 0.25) is 0 Å². The Morgan fingerprint density at radius 2 is 2.17 bits per heavy atom. The highest BCUT2D eigenvalue weighted by Crippen LogP contribution is 2.26. The second kappa shape index (κ2) is 10.1. The van der Waals surface area contributed by atoms with Gasteiger partial charge in [-0.3, -0.25) is 9.69 Å². The molecule has 2 N–H and O–H groups in total. The molecular weight excluding hydrogens is 389 g/mol. The number of nitrogens with one attached hydrogen (secondary N) is 2. The Morgan fingerprint density at radius 3 is 2.83 bits per heavy atom. The van der Waals surface area contributed by atoms with Crippen molar-refractivity contribution in [1.82, 2.24) is 15.5 Å². The molecule has 2 rings (SSSR count). The van der Waals surface area contributed by atoms with Gasteiger partial charge in [-0.1, -0.05) is 0 Å². The lowest BCUT2D eigenvalue weighted by atomic mass is 10.3. The van der Waals surface area contributed by atoms with Crippen LogP contribution >= 0.6 is 28.3 Å². The predicted octanol–water partition coefficient (Wildman–Crippen LogP) is 1.80. The van der Waals surface area contributed by atoms with Crippen LogP contribution in [0.15, 0.2) is 22.7 Å². The van der Waals surface area contributed by atoms with Gasteiger partial charge in [0.25, 0.3) is 5.91 Å². The summed E-state index contributed by atoms with van der Waals surface area (Å²) in [6, 6.07) is 4.11. The van der Waals surface area contributed by atoms with Crippen LogP contribution in [-0.2, 0) is 4.79 Å². The fourth-order valence-corrected chi connectivity index (χ4v) is 2.67. The van der Waals surface area contributed by atoms with Crippen LogP contribution in [0.5, 0.6) is 5.75 Å². The Bertz CT molecular complexity index is 515. The minimum atomic E-state index is -0.634. The number of hydrogen-bond donors (Lipinski definition) is 2. The van der Waals surface area contributed by atoms with E-state index in [-0.39, 0.29) is 24.1 Å². The molecule has 5 nitrogen and oxygen atoms in total. The normalized spacial score (nSPS) is 16.3. The van der Waals surface area contributed by atoms with Gasteiger partial charge >= 0.3 is 0 Å². The van der Waals surface area contributed by atoms with Crippen LogP contribution in [0.3, 0.4) is 0 Å². The minimum Gasteiger partial charge on any atom is -0.480 e. The first kappa shape index (κ1) is 20.2. The summed E-state index contributed by atoms with van der Waals surface area (Å²) in [7, 11) is 0. The quantitative estimate of drug-likeness (QED) is 0.751. The first-order chi connectivity index (χ1) is 10.6. The van der Waals surface area contributed by atoms with E-state index in [0.717, 1.165) is 32.7 Å². The van der Waals surface area contributed by atoms with E-state index in [1.54, 1.807) is 6.92 Å². The van der Waals surface area contributed by atoms with Gasteiger partial charge in [0.1, 0.15) is 11.6 Å². The summed E-state index contributed by atoms with van der Waals surface area (Å²) >= 11 is 3.22. The molecule has 1 saturated heterocycles. The summed E-state index contributed by atoms with van der Waals surface area (Å²) in [6.45, 7) is 7.10. The largest absolute Gasteiger partial charge is 0.480 e. The van der Waals surface area contributed by atoms with Gasteiger partial charge in [-0.25, -0.2) is 4.39 Å². The highest BCUT2D eigenvalue weighted by Gasteiger charge is 2.16. The fourth-order valence-electron chi connectivity index (χ4n) is 2.23. The van der Waals surface area contributed by atoms with E-state index in [9.17, 15) is 9.18 Å². The summed E-state index contributed by atoms with van der Waals surface area (Å²) < 4.78 is 19.1. The minimum absolute atomic E-state index is 0. The van der Waals surface area contributed by atoms with Crippen LogP contribution in [0.4, 0.5) is 4.39 Å². The summed E-state index contributed by atoms with van der Waals surface area (Å²) in [5.41, 5.74) is 0. The van der Waals surface area contributed by atoms with Crippen LogP contribution in [-0.4, -0.2) is 56.2 Å². The molecule has 130 valence electrons. The molecule has 8 heteroatoms. The molecule has 0 aliphatic carbocycles. The SMILES string of the molecule is CC(Oc1ccc(F)cc1Br)C(=O)NCCN1CCNCC1.Cl. The Labute approximate surface area is 150 Å². The first-order valence-corrected chi connectivity index (χ1v) is 8.18. The maximum absolute atomic E-state index is 13.0. The molecule has 1 aromatic carbocycles. The lowest BCUT2D eigenvalue weighted by molar-refractivity contribution is -0.127. The fraction of sp³-hybridized carbons (Fsp3) is 0.533. The molecule has 0 aromatic heterocycles. The van der Waals surface area contributed by atoms with E-state index in [1.807, 2.05) is 0 Å². The molecule has 1 aliphatic rings. The zero-order chi connectivity index (χ0) is 15.9. The Balaban J connectivity index is 0.00000264. The number of ether oxygens (including phenoxy) is 1. The third kappa shape index (κ3) is 6.63. The number of rotatable bonds is 6. The molecule has 0 bridgehead atoms. The van der Waals surface area contributed by atoms with E-state index in [0.29, 0.717) is 16.8 Å². The summed E-state index contributed by atoms with van der Waals surface area (Å²) in [5, 5.41) is 6.15. The number of amides is 1. The van der Waals surface area contributed by atoms with Crippen LogP contribution in [0.25, 0.3) is 0 Å². The van der Waals surface area contributed by atoms with E-state index in [4.69, 9.17) is 4.74 Å². The van der Waals surface area contributed by atoms with Crippen molar-refractivity contribution in [2.45, 2.75) is 13.0 Å². The molecule has 0 spiro atoms. The molecule has 1 aromatic rings. The highest BCUT2D eigenvalue weighted by molar-refractivity contribution is 9.10. The van der Waals surface area contributed by atoms with Crippen molar-refractivity contribution in [3.05, 3.63) is 28.5 Å². The Morgan fingerprint density at radius 1 is 1.48 bits per heavy atom. The third-order valence-corrected chi connectivity index (χ3v) is 4.12. The molecule has 1 fully saturated rings. The zero-order valence-corrected chi connectivity index (χ0v) is 15.4. The summed E-state index contributed by atoms with van der Waals surface area (Å²) in [6.07, 6.45) is -0.634. The molecule has 1 heterocycles. The van der Waals surface area contributed by atoms with E-state index < -0.39 is 6.10 Å². The molecule has 1 atom stereocenters. The van der Waals surface area contributed by atoms with Crippen LogP contribution in [0.1, 0.15) is 6.92 Å². The van der Waals surface area contributed by atoms with Gasteiger partial charge in [0.15, 0.2) is 6.10 Å². The molecule has 1 unspecified atom stereocenters. The topological polar surface area (TPSA) is 53.6 Å². The molecule has 0 saturated carbocycles. The summed E-state index contributed by atoms with van der Waals surface area (Å²) in [5.74, 6) is -0.0788. The van der Waals surface area contributed by atoms with Gasteiger partial charge in [-0.15, -0.1) is 12.4 Å².